The van der Waals surface area contributed by atoms with Gasteiger partial charge >= 0.3 is 5.97 Å². The lowest BCUT2D eigenvalue weighted by molar-refractivity contribution is 0.0684. The van der Waals surface area contributed by atoms with E-state index in [1.54, 1.807) is 6.92 Å². The summed E-state index contributed by atoms with van der Waals surface area (Å²) in [7, 11) is 0. The van der Waals surface area contributed by atoms with Gasteiger partial charge in [-0.2, -0.15) is 0 Å². The number of carboxylic acids is 1. The Balaban J connectivity index is 2.52. The number of aryl methyl sites for hydroxylation is 1. The average molecular weight is 281 g/mol. The monoisotopic (exact) mass is 280 g/mol. The Kier molecular flexibility index (Phi) is 2.78. The Labute approximate surface area is 100 Å². The molecule has 16 heavy (non-hydrogen) atoms. The first-order valence-corrected chi connectivity index (χ1v) is 5.43. The Morgan fingerprint density at radius 3 is 2.81 bits per heavy atom. The lowest BCUT2D eigenvalue weighted by Crippen LogP contribution is -1.98. The Morgan fingerprint density at radius 1 is 1.50 bits per heavy atom. The fraction of sp³-hybridized carbons (Fsp3) is 0.0909. The summed E-state index contributed by atoms with van der Waals surface area (Å²) in [6.45, 7) is 1.80. The van der Waals surface area contributed by atoms with Gasteiger partial charge in [-0.25, -0.2) is 9.78 Å². The van der Waals surface area contributed by atoms with Crippen molar-refractivity contribution in [2.45, 2.75) is 6.92 Å². The van der Waals surface area contributed by atoms with Gasteiger partial charge in [-0.1, -0.05) is 28.1 Å². The van der Waals surface area contributed by atoms with Crippen LogP contribution in [0.4, 0.5) is 0 Å². The quantitative estimate of drug-likeness (QED) is 0.889. The second kappa shape index (κ2) is 4.09. The van der Waals surface area contributed by atoms with Crippen LogP contribution in [0, 0.1) is 6.92 Å². The maximum absolute atomic E-state index is 10.8. The highest BCUT2D eigenvalue weighted by Gasteiger charge is 2.13. The highest BCUT2D eigenvalue weighted by atomic mass is 79.9. The van der Waals surface area contributed by atoms with Crippen LogP contribution in [0.2, 0.25) is 0 Å². The normalized spacial score (nSPS) is 10.4. The van der Waals surface area contributed by atoms with Crippen LogP contribution in [0.15, 0.2) is 28.7 Å². The van der Waals surface area contributed by atoms with E-state index in [1.165, 1.54) is 0 Å². The van der Waals surface area contributed by atoms with Crippen molar-refractivity contribution in [3.63, 3.8) is 0 Å². The van der Waals surface area contributed by atoms with Crippen molar-refractivity contribution < 1.29 is 9.90 Å². The van der Waals surface area contributed by atoms with Crippen molar-refractivity contribution in [1.82, 2.24) is 9.97 Å². The van der Waals surface area contributed by atoms with Crippen molar-refractivity contribution in [2.75, 3.05) is 0 Å². The number of imidazole rings is 1. The van der Waals surface area contributed by atoms with E-state index in [-0.39, 0.29) is 5.82 Å². The molecular formula is C11H9BrN2O2. The number of carbonyl (C=O) groups is 1. The van der Waals surface area contributed by atoms with Gasteiger partial charge in [0.15, 0.2) is 0 Å². The number of rotatable bonds is 2. The number of hydrogen-bond acceptors (Lipinski definition) is 2. The number of H-pyrrole nitrogens is 1. The average Bonchev–Trinajstić information content (AvgIpc) is 2.60. The molecule has 0 fully saturated rings. The van der Waals surface area contributed by atoms with Crippen LogP contribution in [-0.2, 0) is 0 Å². The van der Waals surface area contributed by atoms with E-state index in [0.717, 1.165) is 15.7 Å². The number of aromatic amines is 1. The molecule has 0 atom stereocenters. The lowest BCUT2D eigenvalue weighted by atomic mass is 10.1. The number of aromatic carboxylic acids is 1. The van der Waals surface area contributed by atoms with Crippen LogP contribution < -0.4 is 0 Å². The van der Waals surface area contributed by atoms with Crippen molar-refractivity contribution >= 4 is 21.9 Å². The fourth-order valence-electron chi connectivity index (χ4n) is 1.48. The van der Waals surface area contributed by atoms with E-state index in [9.17, 15) is 4.79 Å². The minimum Gasteiger partial charge on any atom is -0.475 e. The van der Waals surface area contributed by atoms with Gasteiger partial charge in [0.1, 0.15) is 0 Å². The van der Waals surface area contributed by atoms with E-state index in [1.807, 2.05) is 24.3 Å². The maximum atomic E-state index is 10.8. The number of hydrogen-bond donors (Lipinski definition) is 2. The summed E-state index contributed by atoms with van der Waals surface area (Å²) < 4.78 is 0.935. The topological polar surface area (TPSA) is 66.0 Å². The zero-order chi connectivity index (χ0) is 11.7. The van der Waals surface area contributed by atoms with E-state index in [0.29, 0.717) is 5.69 Å². The van der Waals surface area contributed by atoms with Crippen LogP contribution in [-0.4, -0.2) is 21.0 Å². The fourth-order valence-corrected chi connectivity index (χ4v) is 1.88. The zero-order valence-corrected chi connectivity index (χ0v) is 10.1. The molecule has 0 aliphatic rings. The number of nitrogens with zero attached hydrogens (tertiary/aromatic N) is 1. The van der Waals surface area contributed by atoms with Crippen molar-refractivity contribution in [1.29, 1.82) is 0 Å². The van der Waals surface area contributed by atoms with Gasteiger partial charge in [-0.05, 0) is 19.1 Å². The summed E-state index contributed by atoms with van der Waals surface area (Å²) in [6, 6.07) is 7.58. The second-order valence-corrected chi connectivity index (χ2v) is 4.29. The van der Waals surface area contributed by atoms with Gasteiger partial charge in [0.05, 0.1) is 5.69 Å². The van der Waals surface area contributed by atoms with E-state index >= 15 is 0 Å². The number of nitrogens with one attached hydrogen (secondary N) is 1. The number of halogens is 1. The molecule has 0 unspecified atom stereocenters. The van der Waals surface area contributed by atoms with Crippen LogP contribution in [0.3, 0.4) is 0 Å². The summed E-state index contributed by atoms with van der Waals surface area (Å²) in [5.74, 6) is -1.09. The molecular weight excluding hydrogens is 272 g/mol. The molecule has 2 aromatic rings. The molecule has 4 nitrogen and oxygen atoms in total. The molecule has 1 aromatic carbocycles. The van der Waals surface area contributed by atoms with Crippen LogP contribution in [0.5, 0.6) is 0 Å². The third-order valence-corrected chi connectivity index (χ3v) is 2.68. The van der Waals surface area contributed by atoms with Crippen molar-refractivity contribution in [3.05, 3.63) is 40.3 Å². The predicted octanol–water partition coefficient (Wildman–Crippen LogP) is 2.85. The Morgan fingerprint density at radius 2 is 2.25 bits per heavy atom. The third-order valence-electron chi connectivity index (χ3n) is 2.19. The van der Waals surface area contributed by atoms with Crippen molar-refractivity contribution in [2.24, 2.45) is 0 Å². The molecule has 0 bridgehead atoms. The molecule has 2 rings (SSSR count). The van der Waals surface area contributed by atoms with Gasteiger partial charge in [0.2, 0.25) is 5.82 Å². The molecule has 0 aliphatic carbocycles. The van der Waals surface area contributed by atoms with Crippen LogP contribution in [0.25, 0.3) is 11.3 Å². The SMILES string of the molecule is Cc1[nH]c(C(=O)O)nc1-c1cccc(Br)c1. The zero-order valence-electron chi connectivity index (χ0n) is 8.49. The minimum atomic E-state index is -1.05. The molecule has 5 heteroatoms. The summed E-state index contributed by atoms with van der Waals surface area (Å²) in [4.78, 5) is 17.5. The van der Waals surface area contributed by atoms with Gasteiger partial charge < -0.3 is 10.1 Å². The second-order valence-electron chi connectivity index (χ2n) is 3.37. The number of benzene rings is 1. The summed E-state index contributed by atoms with van der Waals surface area (Å²) in [5, 5.41) is 8.82. The molecule has 1 aromatic heterocycles. The van der Waals surface area contributed by atoms with Crippen LogP contribution in [0.1, 0.15) is 16.3 Å². The van der Waals surface area contributed by atoms with Gasteiger partial charge in [-0.3, -0.25) is 0 Å². The predicted molar refractivity (Wildman–Crippen MR) is 63.4 cm³/mol. The van der Waals surface area contributed by atoms with Gasteiger partial charge in [0, 0.05) is 15.7 Å². The molecule has 0 saturated heterocycles. The first kappa shape index (κ1) is 10.9. The van der Waals surface area contributed by atoms with Crippen molar-refractivity contribution in [3.8, 4) is 11.3 Å². The Bertz CT molecular complexity index is 549. The number of carboxylic acid groups (broad SMARTS) is 1. The molecule has 1 heterocycles. The van der Waals surface area contributed by atoms with E-state index in [4.69, 9.17) is 5.11 Å². The van der Waals surface area contributed by atoms with E-state index in [2.05, 4.69) is 25.9 Å². The smallest absolute Gasteiger partial charge is 0.371 e. The standard InChI is InChI=1S/C11H9BrN2O2/c1-6-9(14-10(13-6)11(15)16)7-3-2-4-8(12)5-7/h2-5H,1H3,(H,13,14)(H,15,16). The minimum absolute atomic E-state index is 0.0347. The molecule has 0 spiro atoms. The Hall–Kier alpha value is -1.62. The molecule has 0 amide bonds. The summed E-state index contributed by atoms with van der Waals surface area (Å²) >= 11 is 3.37. The summed E-state index contributed by atoms with van der Waals surface area (Å²) in [5.41, 5.74) is 2.30. The summed E-state index contributed by atoms with van der Waals surface area (Å²) in [6.07, 6.45) is 0. The molecule has 0 radical (unpaired) electrons. The van der Waals surface area contributed by atoms with Gasteiger partial charge in [0.25, 0.3) is 0 Å². The molecule has 0 saturated carbocycles. The first-order chi connectivity index (χ1) is 7.58. The molecule has 0 aliphatic heterocycles. The van der Waals surface area contributed by atoms with Gasteiger partial charge in [-0.15, -0.1) is 0 Å². The highest BCUT2D eigenvalue weighted by Crippen LogP contribution is 2.24. The third kappa shape index (κ3) is 1.99. The molecule has 82 valence electrons. The maximum Gasteiger partial charge on any atom is 0.371 e. The largest absolute Gasteiger partial charge is 0.475 e. The molecule has 2 N–H and O–H groups in total. The number of aromatic nitrogens is 2. The first-order valence-electron chi connectivity index (χ1n) is 4.64. The lowest BCUT2D eigenvalue weighted by Gasteiger charge is -1.98. The van der Waals surface area contributed by atoms with E-state index < -0.39 is 5.97 Å². The highest BCUT2D eigenvalue weighted by molar-refractivity contribution is 9.10. The van der Waals surface area contributed by atoms with Crippen LogP contribution >= 0.6 is 15.9 Å².